The molecule has 0 aliphatic carbocycles. The van der Waals surface area contributed by atoms with Crippen LogP contribution in [0.5, 0.6) is 0 Å². The van der Waals surface area contributed by atoms with Crippen LogP contribution in [0.3, 0.4) is 0 Å². The predicted molar refractivity (Wildman–Crippen MR) is 100 cm³/mol. The van der Waals surface area contributed by atoms with Crippen LogP contribution in [0.15, 0.2) is 48.5 Å². The molecule has 0 fully saturated rings. The first-order chi connectivity index (χ1) is 12.8. The Morgan fingerprint density at radius 2 is 1.59 bits per heavy atom. The van der Waals surface area contributed by atoms with Crippen molar-refractivity contribution in [2.45, 2.75) is 13.8 Å². The van der Waals surface area contributed by atoms with E-state index in [1.54, 1.807) is 6.92 Å². The zero-order valence-electron chi connectivity index (χ0n) is 14.9. The van der Waals surface area contributed by atoms with Crippen molar-refractivity contribution in [3.63, 3.8) is 0 Å². The van der Waals surface area contributed by atoms with Crippen LogP contribution in [0.2, 0.25) is 0 Å². The second-order valence-electron chi connectivity index (χ2n) is 5.50. The highest BCUT2D eigenvalue weighted by Crippen LogP contribution is 2.18. The second-order valence-corrected chi connectivity index (χ2v) is 5.50. The first-order valence-electron chi connectivity index (χ1n) is 8.12. The van der Waals surface area contributed by atoms with Crippen molar-refractivity contribution in [2.75, 3.05) is 22.6 Å². The third-order valence-corrected chi connectivity index (χ3v) is 3.52. The zero-order valence-corrected chi connectivity index (χ0v) is 14.9. The molecule has 8 heteroatoms. The summed E-state index contributed by atoms with van der Waals surface area (Å²) in [4.78, 5) is 48.9. The van der Waals surface area contributed by atoms with Gasteiger partial charge in [0.05, 0.1) is 17.9 Å². The Kier molecular flexibility index (Phi) is 6.27. The summed E-state index contributed by atoms with van der Waals surface area (Å²) in [7, 11) is 0. The van der Waals surface area contributed by atoms with Crippen molar-refractivity contribution < 1.29 is 23.9 Å². The number of benzene rings is 2. The molecule has 0 radical (unpaired) electrons. The topological polar surface area (TPSA) is 119 Å². The largest absolute Gasteiger partial charge is 0.462 e. The van der Waals surface area contributed by atoms with Crippen molar-refractivity contribution >= 4 is 40.8 Å². The standard InChI is InChI=1S/C19H19N3O5/c1-3-27-19(26)13-4-8-15(9-5-13)21-17(24)18(25)22(12(2)23)16-10-6-14(20)7-11-16/h4-11H,3,20H2,1-2H3,(H,21,24). The number of imide groups is 1. The zero-order chi connectivity index (χ0) is 20.0. The fraction of sp³-hybridized carbons (Fsp3) is 0.158. The van der Waals surface area contributed by atoms with E-state index in [0.29, 0.717) is 16.9 Å². The molecule has 0 saturated carbocycles. The van der Waals surface area contributed by atoms with Gasteiger partial charge in [-0.15, -0.1) is 0 Å². The molecular weight excluding hydrogens is 350 g/mol. The molecule has 2 aromatic rings. The molecule has 0 atom stereocenters. The molecule has 0 spiro atoms. The molecule has 27 heavy (non-hydrogen) atoms. The fourth-order valence-electron chi connectivity index (χ4n) is 2.26. The molecule has 0 aromatic heterocycles. The summed E-state index contributed by atoms with van der Waals surface area (Å²) in [5, 5.41) is 2.40. The maximum atomic E-state index is 12.4. The number of carbonyl (C=O) groups is 4. The van der Waals surface area contributed by atoms with Crippen LogP contribution in [0, 0.1) is 0 Å². The maximum absolute atomic E-state index is 12.4. The van der Waals surface area contributed by atoms with Gasteiger partial charge in [0.1, 0.15) is 0 Å². The second kappa shape index (κ2) is 8.61. The number of nitrogens with zero attached hydrogens (tertiary/aromatic N) is 1. The van der Waals surface area contributed by atoms with Gasteiger partial charge in [0, 0.05) is 18.3 Å². The molecule has 0 saturated heterocycles. The quantitative estimate of drug-likeness (QED) is 0.483. The molecule has 3 amide bonds. The minimum absolute atomic E-state index is 0.231. The van der Waals surface area contributed by atoms with Crippen molar-refractivity contribution in [3.05, 3.63) is 54.1 Å². The van der Waals surface area contributed by atoms with E-state index in [1.807, 2.05) is 0 Å². The van der Waals surface area contributed by atoms with Crippen LogP contribution in [0.25, 0.3) is 0 Å². The van der Waals surface area contributed by atoms with Gasteiger partial charge in [0.15, 0.2) is 0 Å². The van der Waals surface area contributed by atoms with E-state index >= 15 is 0 Å². The molecule has 8 nitrogen and oxygen atoms in total. The molecule has 140 valence electrons. The number of hydrogen-bond acceptors (Lipinski definition) is 6. The number of nitrogen functional groups attached to an aromatic ring is 1. The van der Waals surface area contributed by atoms with Crippen LogP contribution in [0.4, 0.5) is 17.1 Å². The lowest BCUT2D eigenvalue weighted by molar-refractivity contribution is -0.136. The Hall–Kier alpha value is -3.68. The van der Waals surface area contributed by atoms with Crippen LogP contribution in [0.1, 0.15) is 24.2 Å². The van der Waals surface area contributed by atoms with Crippen LogP contribution < -0.4 is 16.0 Å². The van der Waals surface area contributed by atoms with Crippen molar-refractivity contribution in [3.8, 4) is 0 Å². The Labute approximate surface area is 155 Å². The van der Waals surface area contributed by atoms with Crippen LogP contribution >= 0.6 is 0 Å². The van der Waals surface area contributed by atoms with E-state index in [2.05, 4.69) is 5.32 Å². The predicted octanol–water partition coefficient (Wildman–Crippen LogP) is 1.96. The molecular formula is C19H19N3O5. The van der Waals surface area contributed by atoms with Gasteiger partial charge in [-0.1, -0.05) is 0 Å². The number of anilines is 3. The number of hydrogen-bond donors (Lipinski definition) is 2. The lowest BCUT2D eigenvalue weighted by Gasteiger charge is -2.18. The first kappa shape index (κ1) is 19.6. The molecule has 2 aromatic carbocycles. The average Bonchev–Trinajstić information content (AvgIpc) is 2.64. The van der Waals surface area contributed by atoms with E-state index in [-0.39, 0.29) is 12.3 Å². The average molecular weight is 369 g/mol. The third-order valence-electron chi connectivity index (χ3n) is 3.52. The molecule has 0 unspecified atom stereocenters. The van der Waals surface area contributed by atoms with Gasteiger partial charge < -0.3 is 15.8 Å². The summed E-state index contributed by atoms with van der Waals surface area (Å²) in [6.07, 6.45) is 0. The fourth-order valence-corrected chi connectivity index (χ4v) is 2.26. The van der Waals surface area contributed by atoms with E-state index < -0.39 is 23.7 Å². The van der Waals surface area contributed by atoms with Gasteiger partial charge in [-0.3, -0.25) is 14.4 Å². The summed E-state index contributed by atoms with van der Waals surface area (Å²) >= 11 is 0. The number of nitrogens with one attached hydrogen (secondary N) is 1. The normalized spacial score (nSPS) is 10.0. The molecule has 0 aliphatic heterocycles. The van der Waals surface area contributed by atoms with E-state index in [1.165, 1.54) is 55.5 Å². The highest BCUT2D eigenvalue weighted by molar-refractivity contribution is 6.48. The van der Waals surface area contributed by atoms with E-state index in [4.69, 9.17) is 10.5 Å². The Balaban J connectivity index is 2.13. The third kappa shape index (κ3) is 4.91. The highest BCUT2D eigenvalue weighted by atomic mass is 16.5. The smallest absolute Gasteiger partial charge is 0.338 e. The number of carbonyl (C=O) groups excluding carboxylic acids is 4. The van der Waals surface area contributed by atoms with Crippen molar-refractivity contribution in [1.82, 2.24) is 0 Å². The van der Waals surface area contributed by atoms with Crippen molar-refractivity contribution in [1.29, 1.82) is 0 Å². The summed E-state index contributed by atoms with van der Waals surface area (Å²) in [5.74, 6) is -3.14. The minimum atomic E-state index is -1.04. The van der Waals surface area contributed by atoms with Gasteiger partial charge in [0.25, 0.3) is 0 Å². The molecule has 0 bridgehead atoms. The van der Waals surface area contributed by atoms with Gasteiger partial charge in [-0.25, -0.2) is 9.69 Å². The number of amides is 3. The van der Waals surface area contributed by atoms with Crippen LogP contribution in [-0.2, 0) is 19.1 Å². The van der Waals surface area contributed by atoms with Gasteiger partial charge in [-0.05, 0) is 55.5 Å². The Morgan fingerprint density at radius 3 is 2.11 bits per heavy atom. The lowest BCUT2D eigenvalue weighted by atomic mass is 10.2. The number of ether oxygens (including phenoxy) is 1. The molecule has 0 aliphatic rings. The highest BCUT2D eigenvalue weighted by Gasteiger charge is 2.27. The van der Waals surface area contributed by atoms with E-state index in [9.17, 15) is 19.2 Å². The molecule has 2 rings (SSSR count). The Morgan fingerprint density at radius 1 is 1.00 bits per heavy atom. The maximum Gasteiger partial charge on any atom is 0.338 e. The van der Waals surface area contributed by atoms with Crippen LogP contribution in [-0.4, -0.2) is 30.3 Å². The molecule has 0 heterocycles. The number of nitrogens with two attached hydrogens (primary N) is 1. The SMILES string of the molecule is CCOC(=O)c1ccc(NC(=O)C(=O)N(C(C)=O)c2ccc(N)cc2)cc1. The summed E-state index contributed by atoms with van der Waals surface area (Å²) in [6.45, 7) is 3.12. The first-order valence-corrected chi connectivity index (χ1v) is 8.12. The number of rotatable bonds is 4. The monoisotopic (exact) mass is 369 g/mol. The summed E-state index contributed by atoms with van der Waals surface area (Å²) in [6, 6.07) is 11.8. The summed E-state index contributed by atoms with van der Waals surface area (Å²) < 4.78 is 4.87. The van der Waals surface area contributed by atoms with E-state index in [0.717, 1.165) is 4.90 Å². The molecule has 3 N–H and O–H groups in total. The van der Waals surface area contributed by atoms with Gasteiger partial charge in [0.2, 0.25) is 5.91 Å². The number of esters is 1. The van der Waals surface area contributed by atoms with Crippen molar-refractivity contribution in [2.24, 2.45) is 0 Å². The summed E-state index contributed by atoms with van der Waals surface area (Å²) in [5.41, 5.74) is 6.89. The lowest BCUT2D eigenvalue weighted by Crippen LogP contribution is -2.42. The minimum Gasteiger partial charge on any atom is -0.462 e. The Bertz CT molecular complexity index is 860. The van der Waals surface area contributed by atoms with Gasteiger partial charge >= 0.3 is 17.8 Å². The van der Waals surface area contributed by atoms with Gasteiger partial charge in [-0.2, -0.15) is 0 Å².